The number of aromatic hydroxyl groups is 1. The quantitative estimate of drug-likeness (QED) is 0.729. The van der Waals surface area contributed by atoms with Gasteiger partial charge in [0, 0.05) is 37.0 Å². The van der Waals surface area contributed by atoms with Crippen molar-refractivity contribution in [2.24, 2.45) is 19.5 Å². The van der Waals surface area contributed by atoms with Crippen molar-refractivity contribution in [1.29, 1.82) is 0 Å². The highest BCUT2D eigenvalue weighted by Crippen LogP contribution is 2.45. The molecule has 8 heteroatoms. The highest BCUT2D eigenvalue weighted by molar-refractivity contribution is 9.10. The van der Waals surface area contributed by atoms with Gasteiger partial charge in [-0.2, -0.15) is 0 Å². The molecule has 0 saturated carbocycles. The molecule has 1 aliphatic rings. The van der Waals surface area contributed by atoms with E-state index in [4.69, 9.17) is 0 Å². The smallest absolute Gasteiger partial charge is 0.333 e. The van der Waals surface area contributed by atoms with Gasteiger partial charge in [0.2, 0.25) is 5.88 Å². The second-order valence-corrected chi connectivity index (χ2v) is 9.05. The molecular formula is C21H23BrN2O5. The normalized spacial score (nSPS) is 17.5. The molecule has 1 atom stereocenters. The first-order valence-electron chi connectivity index (χ1n) is 9.15. The highest BCUT2D eigenvalue weighted by Gasteiger charge is 2.40. The number of hydrogen-bond acceptors (Lipinski definition) is 5. The van der Waals surface area contributed by atoms with Crippen molar-refractivity contribution in [2.45, 2.75) is 32.6 Å². The molecule has 29 heavy (non-hydrogen) atoms. The van der Waals surface area contributed by atoms with Gasteiger partial charge in [-0.05, 0) is 17.0 Å². The van der Waals surface area contributed by atoms with Crippen LogP contribution < -0.4 is 11.2 Å². The number of ketones is 1. The summed E-state index contributed by atoms with van der Waals surface area (Å²) in [5.74, 6) is -1.96. The zero-order chi connectivity index (χ0) is 21.7. The van der Waals surface area contributed by atoms with Gasteiger partial charge < -0.3 is 10.2 Å². The van der Waals surface area contributed by atoms with Gasteiger partial charge in [0.05, 0.1) is 11.5 Å². The monoisotopic (exact) mass is 462 g/mol. The van der Waals surface area contributed by atoms with Crippen LogP contribution in [0, 0.1) is 5.41 Å². The molecule has 0 spiro atoms. The lowest BCUT2D eigenvalue weighted by atomic mass is 9.71. The molecule has 1 aromatic carbocycles. The van der Waals surface area contributed by atoms with E-state index in [0.29, 0.717) is 10.0 Å². The van der Waals surface area contributed by atoms with E-state index in [2.05, 4.69) is 15.9 Å². The maximum Gasteiger partial charge on any atom is 0.333 e. The van der Waals surface area contributed by atoms with E-state index in [1.807, 2.05) is 13.8 Å². The number of aliphatic hydroxyl groups is 1. The van der Waals surface area contributed by atoms with E-state index in [9.17, 15) is 24.6 Å². The Bertz CT molecular complexity index is 1160. The maximum absolute atomic E-state index is 13.1. The molecule has 1 unspecified atom stereocenters. The number of Topliss-reactive ketones (excluding diaryl/α,β-unsaturated/α-hetero) is 1. The van der Waals surface area contributed by atoms with Crippen molar-refractivity contribution in [3.8, 4) is 5.88 Å². The minimum Gasteiger partial charge on any atom is -0.512 e. The lowest BCUT2D eigenvalue weighted by Crippen LogP contribution is -2.40. The topological polar surface area (TPSA) is 102 Å². The van der Waals surface area contributed by atoms with Crippen LogP contribution in [-0.4, -0.2) is 25.1 Å². The molecule has 1 heterocycles. The number of hydrogen-bond donors (Lipinski definition) is 2. The third-order valence-corrected chi connectivity index (χ3v) is 6.08. The van der Waals surface area contributed by atoms with Crippen LogP contribution in [0.15, 0.2) is 49.7 Å². The van der Waals surface area contributed by atoms with Crippen molar-refractivity contribution in [3.63, 3.8) is 0 Å². The highest BCUT2D eigenvalue weighted by atomic mass is 79.9. The number of aromatic nitrogens is 2. The van der Waals surface area contributed by atoms with Gasteiger partial charge in [-0.25, -0.2) is 4.79 Å². The standard InChI is InChI=1S/C21H23BrN2O5/c1-21(2)9-13(25)16(14(26)10-21)15(11-7-5-6-8-12(11)22)17-18(27)23(3)20(29)24(4)19(17)28/h5-8,15,25,27H,9-10H2,1-4H3. The van der Waals surface area contributed by atoms with E-state index in [-0.39, 0.29) is 35.5 Å². The summed E-state index contributed by atoms with van der Waals surface area (Å²) in [6, 6.07) is 6.99. The molecule has 0 saturated heterocycles. The fourth-order valence-electron chi connectivity index (χ4n) is 3.91. The lowest BCUT2D eigenvalue weighted by molar-refractivity contribution is -0.118. The number of halogens is 1. The predicted octanol–water partition coefficient (Wildman–Crippen LogP) is 2.89. The van der Waals surface area contributed by atoms with Gasteiger partial charge in [0.15, 0.2) is 5.78 Å². The molecule has 2 aromatic rings. The number of carbonyl (C=O) groups is 1. The van der Waals surface area contributed by atoms with Crippen molar-refractivity contribution in [2.75, 3.05) is 0 Å². The number of allylic oxidation sites excluding steroid dienone is 2. The summed E-state index contributed by atoms with van der Waals surface area (Å²) >= 11 is 3.45. The van der Waals surface area contributed by atoms with Gasteiger partial charge in [-0.15, -0.1) is 0 Å². The van der Waals surface area contributed by atoms with Crippen molar-refractivity contribution in [3.05, 3.63) is 72.0 Å². The van der Waals surface area contributed by atoms with Gasteiger partial charge in [0.25, 0.3) is 5.56 Å². The number of aliphatic hydroxyl groups excluding tert-OH is 1. The zero-order valence-corrected chi connectivity index (χ0v) is 18.3. The third kappa shape index (κ3) is 3.57. The summed E-state index contributed by atoms with van der Waals surface area (Å²) in [5.41, 5.74) is -1.34. The Morgan fingerprint density at radius 2 is 1.66 bits per heavy atom. The summed E-state index contributed by atoms with van der Waals surface area (Å²) in [7, 11) is 2.66. The van der Waals surface area contributed by atoms with E-state index in [1.54, 1.807) is 24.3 Å². The molecule has 7 nitrogen and oxygen atoms in total. The maximum atomic E-state index is 13.1. The fraction of sp³-hybridized carbons (Fsp3) is 0.381. The summed E-state index contributed by atoms with van der Waals surface area (Å²) in [4.78, 5) is 38.3. The van der Waals surface area contributed by atoms with Crippen LogP contribution in [0.25, 0.3) is 0 Å². The molecule has 0 fully saturated rings. The molecule has 2 N–H and O–H groups in total. The molecule has 0 amide bonds. The predicted molar refractivity (Wildman–Crippen MR) is 112 cm³/mol. The minimum atomic E-state index is -1.03. The first-order chi connectivity index (χ1) is 13.5. The Morgan fingerprint density at radius 1 is 1.03 bits per heavy atom. The Balaban J connectivity index is 2.43. The summed E-state index contributed by atoms with van der Waals surface area (Å²) in [5, 5.41) is 21.5. The van der Waals surface area contributed by atoms with E-state index >= 15 is 0 Å². The molecule has 0 radical (unpaired) electrons. The van der Waals surface area contributed by atoms with Crippen LogP contribution in [0.2, 0.25) is 0 Å². The molecular weight excluding hydrogens is 440 g/mol. The Labute approximate surface area is 176 Å². The van der Waals surface area contributed by atoms with E-state index in [1.165, 1.54) is 14.1 Å². The molecule has 1 aromatic heterocycles. The SMILES string of the molecule is Cn1c(O)c(C(C2=C(O)CC(C)(C)CC2=O)c2ccccc2Br)c(=O)n(C)c1=O. The van der Waals surface area contributed by atoms with Crippen molar-refractivity contribution in [1.82, 2.24) is 9.13 Å². The van der Waals surface area contributed by atoms with Crippen LogP contribution in [0.4, 0.5) is 0 Å². The van der Waals surface area contributed by atoms with Gasteiger partial charge in [-0.3, -0.25) is 18.7 Å². The number of benzene rings is 1. The first-order valence-corrected chi connectivity index (χ1v) is 9.94. The van der Waals surface area contributed by atoms with E-state index < -0.39 is 28.5 Å². The van der Waals surface area contributed by atoms with Gasteiger partial charge in [0.1, 0.15) is 5.76 Å². The molecule has 154 valence electrons. The Morgan fingerprint density at radius 3 is 2.24 bits per heavy atom. The number of nitrogens with zero attached hydrogens (tertiary/aromatic N) is 2. The average molecular weight is 463 g/mol. The molecule has 3 rings (SSSR count). The number of carbonyl (C=O) groups excluding carboxylic acids is 1. The molecule has 0 bridgehead atoms. The first kappa shape index (κ1) is 21.1. The summed E-state index contributed by atoms with van der Waals surface area (Å²) < 4.78 is 2.45. The largest absolute Gasteiger partial charge is 0.512 e. The van der Waals surface area contributed by atoms with Crippen molar-refractivity contribution < 1.29 is 15.0 Å². The second kappa shape index (κ2) is 7.33. The zero-order valence-electron chi connectivity index (χ0n) is 16.7. The average Bonchev–Trinajstić information content (AvgIpc) is 2.63. The third-order valence-electron chi connectivity index (χ3n) is 5.36. The van der Waals surface area contributed by atoms with E-state index in [0.717, 1.165) is 9.13 Å². The van der Waals surface area contributed by atoms with Crippen LogP contribution in [0.5, 0.6) is 5.88 Å². The van der Waals surface area contributed by atoms with Gasteiger partial charge >= 0.3 is 5.69 Å². The van der Waals surface area contributed by atoms with Crippen LogP contribution in [-0.2, 0) is 18.9 Å². The van der Waals surface area contributed by atoms with Crippen LogP contribution >= 0.6 is 15.9 Å². The number of rotatable bonds is 3. The fourth-order valence-corrected chi connectivity index (χ4v) is 4.42. The summed E-state index contributed by atoms with van der Waals surface area (Å²) in [6.45, 7) is 3.77. The molecule has 1 aliphatic carbocycles. The summed E-state index contributed by atoms with van der Waals surface area (Å²) in [6.07, 6.45) is 0.460. The second-order valence-electron chi connectivity index (χ2n) is 8.20. The van der Waals surface area contributed by atoms with Crippen LogP contribution in [0.1, 0.15) is 43.7 Å². The molecule has 0 aliphatic heterocycles. The van der Waals surface area contributed by atoms with Crippen molar-refractivity contribution >= 4 is 21.7 Å². The Kier molecular flexibility index (Phi) is 5.34. The van der Waals surface area contributed by atoms with Crippen LogP contribution in [0.3, 0.4) is 0 Å². The Hall–Kier alpha value is -2.61. The minimum absolute atomic E-state index is 0.0715. The lowest BCUT2D eigenvalue weighted by Gasteiger charge is -2.33. The van der Waals surface area contributed by atoms with Gasteiger partial charge in [-0.1, -0.05) is 48.0 Å².